The zero-order valence-corrected chi connectivity index (χ0v) is 8.89. The third kappa shape index (κ3) is 2.51. The second-order valence-corrected chi connectivity index (χ2v) is 3.65. The molecule has 0 aliphatic rings. The first-order chi connectivity index (χ1) is 7.75. The summed E-state index contributed by atoms with van der Waals surface area (Å²) >= 11 is 0. The zero-order chi connectivity index (χ0) is 11.4. The minimum atomic E-state index is -0.596. The van der Waals surface area contributed by atoms with Gasteiger partial charge in [0.15, 0.2) is 0 Å². The minimum Gasteiger partial charge on any atom is -0.350 e. The molecule has 2 aromatic carbocycles. The third-order valence-electron chi connectivity index (χ3n) is 2.48. The zero-order valence-electron chi connectivity index (χ0n) is 8.89. The highest BCUT2D eigenvalue weighted by Crippen LogP contribution is 2.15. The molecular weight excluding hydrogens is 200 g/mol. The molecule has 3 nitrogen and oxygen atoms in total. The lowest BCUT2D eigenvalue weighted by Crippen LogP contribution is -2.24. The Morgan fingerprint density at radius 2 is 1.88 bits per heavy atom. The van der Waals surface area contributed by atoms with Crippen LogP contribution in [0, 0.1) is 0 Å². The van der Waals surface area contributed by atoms with E-state index in [9.17, 15) is 4.79 Å². The normalized spacial score (nSPS) is 10.2. The van der Waals surface area contributed by atoms with Crippen LogP contribution in [0.3, 0.4) is 0 Å². The highest BCUT2D eigenvalue weighted by Gasteiger charge is 1.98. The number of urea groups is 1. The SMILES string of the molecule is NC(=O)[N]CCc1ccc2ccccc2c1. The van der Waals surface area contributed by atoms with Gasteiger partial charge in [0.25, 0.3) is 0 Å². The fourth-order valence-electron chi connectivity index (χ4n) is 1.69. The number of fused-ring (bicyclic) bond motifs is 1. The Morgan fingerprint density at radius 1 is 1.12 bits per heavy atom. The predicted molar refractivity (Wildman–Crippen MR) is 64.2 cm³/mol. The van der Waals surface area contributed by atoms with Gasteiger partial charge >= 0.3 is 6.03 Å². The summed E-state index contributed by atoms with van der Waals surface area (Å²) in [6.07, 6.45) is 0.744. The largest absolute Gasteiger partial charge is 0.350 e. The quantitative estimate of drug-likeness (QED) is 0.833. The summed E-state index contributed by atoms with van der Waals surface area (Å²) in [4.78, 5) is 10.5. The van der Waals surface area contributed by atoms with Crippen molar-refractivity contribution in [1.29, 1.82) is 0 Å². The molecule has 0 atom stereocenters. The van der Waals surface area contributed by atoms with E-state index in [4.69, 9.17) is 5.73 Å². The molecule has 3 heteroatoms. The minimum absolute atomic E-state index is 0.452. The first-order valence-corrected chi connectivity index (χ1v) is 5.20. The molecule has 0 spiro atoms. The van der Waals surface area contributed by atoms with E-state index in [0.717, 1.165) is 6.42 Å². The first kappa shape index (κ1) is 10.5. The van der Waals surface area contributed by atoms with Crippen LogP contribution in [0.25, 0.3) is 10.8 Å². The maximum atomic E-state index is 10.5. The van der Waals surface area contributed by atoms with Crippen LogP contribution in [0.2, 0.25) is 0 Å². The molecule has 0 heterocycles. The first-order valence-electron chi connectivity index (χ1n) is 5.20. The molecule has 0 saturated heterocycles. The highest BCUT2D eigenvalue weighted by molar-refractivity contribution is 5.83. The molecule has 2 N–H and O–H groups in total. The van der Waals surface area contributed by atoms with Crippen LogP contribution in [0.5, 0.6) is 0 Å². The topological polar surface area (TPSA) is 57.2 Å². The van der Waals surface area contributed by atoms with Crippen molar-refractivity contribution in [1.82, 2.24) is 5.32 Å². The number of carbonyl (C=O) groups excluding carboxylic acids is 1. The van der Waals surface area contributed by atoms with E-state index in [0.29, 0.717) is 6.54 Å². The van der Waals surface area contributed by atoms with Gasteiger partial charge in [-0.2, -0.15) is 0 Å². The average Bonchev–Trinajstić information content (AvgIpc) is 2.28. The van der Waals surface area contributed by atoms with Crippen molar-refractivity contribution in [3.8, 4) is 0 Å². The van der Waals surface area contributed by atoms with Crippen LogP contribution in [-0.4, -0.2) is 12.6 Å². The van der Waals surface area contributed by atoms with Crippen LogP contribution in [0.4, 0.5) is 4.79 Å². The summed E-state index contributed by atoms with van der Waals surface area (Å²) in [5, 5.41) is 6.07. The van der Waals surface area contributed by atoms with Crippen molar-refractivity contribution in [2.75, 3.05) is 6.54 Å². The van der Waals surface area contributed by atoms with Crippen LogP contribution >= 0.6 is 0 Å². The second-order valence-electron chi connectivity index (χ2n) is 3.65. The Kier molecular flexibility index (Phi) is 3.05. The monoisotopic (exact) mass is 213 g/mol. The molecule has 2 aromatic rings. The molecular formula is C13H13N2O. The molecule has 2 rings (SSSR count). The lowest BCUT2D eigenvalue weighted by Gasteiger charge is -2.03. The lowest BCUT2D eigenvalue weighted by molar-refractivity contribution is 0.248. The number of benzene rings is 2. The summed E-state index contributed by atoms with van der Waals surface area (Å²) < 4.78 is 0. The van der Waals surface area contributed by atoms with Crippen LogP contribution < -0.4 is 11.1 Å². The fraction of sp³-hybridized carbons (Fsp3) is 0.154. The Hall–Kier alpha value is -2.03. The van der Waals surface area contributed by atoms with E-state index in [1.54, 1.807) is 0 Å². The van der Waals surface area contributed by atoms with Crippen LogP contribution in [0.15, 0.2) is 42.5 Å². The molecule has 0 aliphatic carbocycles. The summed E-state index contributed by atoms with van der Waals surface area (Å²) in [6, 6.07) is 13.8. The van der Waals surface area contributed by atoms with E-state index in [1.165, 1.54) is 16.3 Å². The summed E-state index contributed by atoms with van der Waals surface area (Å²) in [6.45, 7) is 0.452. The van der Waals surface area contributed by atoms with E-state index in [1.807, 2.05) is 12.1 Å². The van der Waals surface area contributed by atoms with Gasteiger partial charge in [-0.3, -0.25) is 0 Å². The van der Waals surface area contributed by atoms with Gasteiger partial charge in [0.2, 0.25) is 0 Å². The van der Waals surface area contributed by atoms with Crippen molar-refractivity contribution in [2.24, 2.45) is 5.73 Å². The van der Waals surface area contributed by atoms with Crippen molar-refractivity contribution in [2.45, 2.75) is 6.42 Å². The number of hydrogen-bond donors (Lipinski definition) is 1. The third-order valence-corrected chi connectivity index (χ3v) is 2.48. The highest BCUT2D eigenvalue weighted by atomic mass is 16.2. The molecule has 2 amide bonds. The fourth-order valence-corrected chi connectivity index (χ4v) is 1.69. The van der Waals surface area contributed by atoms with Crippen molar-refractivity contribution in [3.63, 3.8) is 0 Å². The number of nitrogens with two attached hydrogens (primary N) is 1. The van der Waals surface area contributed by atoms with Gasteiger partial charge in [0.1, 0.15) is 0 Å². The molecule has 0 saturated carbocycles. The molecule has 0 unspecified atom stereocenters. The van der Waals surface area contributed by atoms with Crippen LogP contribution in [-0.2, 0) is 6.42 Å². The summed E-state index contributed by atoms with van der Waals surface area (Å²) in [7, 11) is 0. The molecule has 0 bridgehead atoms. The Bertz CT molecular complexity index is 508. The molecule has 81 valence electrons. The van der Waals surface area contributed by atoms with E-state index in [-0.39, 0.29) is 0 Å². The van der Waals surface area contributed by atoms with E-state index in [2.05, 4.69) is 35.6 Å². The van der Waals surface area contributed by atoms with Gasteiger partial charge in [0, 0.05) is 6.54 Å². The maximum absolute atomic E-state index is 10.5. The number of primary amides is 1. The summed E-state index contributed by atoms with van der Waals surface area (Å²) in [5.41, 5.74) is 6.11. The van der Waals surface area contributed by atoms with Crippen molar-refractivity contribution in [3.05, 3.63) is 48.0 Å². The second kappa shape index (κ2) is 4.66. The molecule has 0 aliphatic heterocycles. The number of nitrogens with zero attached hydrogens (tertiary/aromatic N) is 1. The Morgan fingerprint density at radius 3 is 2.62 bits per heavy atom. The van der Waals surface area contributed by atoms with Gasteiger partial charge in [-0.1, -0.05) is 42.5 Å². The number of carbonyl (C=O) groups is 1. The van der Waals surface area contributed by atoms with Gasteiger partial charge in [-0.25, -0.2) is 10.1 Å². The smallest absolute Gasteiger partial charge is 0.333 e. The standard InChI is InChI=1S/C13H13N2O/c14-13(16)15-8-7-10-5-6-11-3-1-2-4-12(11)9-10/h1-6,9H,7-8H2,(H2,14,16). The van der Waals surface area contributed by atoms with E-state index < -0.39 is 6.03 Å². The van der Waals surface area contributed by atoms with E-state index >= 15 is 0 Å². The lowest BCUT2D eigenvalue weighted by atomic mass is 10.1. The Balaban J connectivity index is 2.10. The molecule has 0 aromatic heterocycles. The van der Waals surface area contributed by atoms with Gasteiger partial charge < -0.3 is 5.73 Å². The van der Waals surface area contributed by atoms with Crippen LogP contribution in [0.1, 0.15) is 5.56 Å². The molecule has 16 heavy (non-hydrogen) atoms. The molecule has 0 fully saturated rings. The Labute approximate surface area is 94.3 Å². The average molecular weight is 213 g/mol. The predicted octanol–water partition coefficient (Wildman–Crippen LogP) is 2.07. The number of hydrogen-bond acceptors (Lipinski definition) is 1. The molecule has 1 radical (unpaired) electrons. The van der Waals surface area contributed by atoms with Gasteiger partial charge in [-0.05, 0) is 22.8 Å². The maximum Gasteiger partial charge on any atom is 0.333 e. The number of amides is 2. The van der Waals surface area contributed by atoms with Crippen molar-refractivity contribution < 1.29 is 4.79 Å². The van der Waals surface area contributed by atoms with Crippen molar-refractivity contribution >= 4 is 16.8 Å². The summed E-state index contributed by atoms with van der Waals surface area (Å²) in [5.74, 6) is 0. The van der Waals surface area contributed by atoms with Gasteiger partial charge in [0.05, 0.1) is 0 Å². The van der Waals surface area contributed by atoms with Gasteiger partial charge in [-0.15, -0.1) is 0 Å². The number of rotatable bonds is 3.